The lowest BCUT2D eigenvalue weighted by Crippen LogP contribution is -2.27. The molecule has 6 heteroatoms. The fraction of sp³-hybridized carbons (Fsp3) is 0.217. The van der Waals surface area contributed by atoms with E-state index in [1.165, 1.54) is 7.11 Å². The Labute approximate surface area is 170 Å². The topological polar surface area (TPSA) is 69.7 Å². The van der Waals surface area contributed by atoms with Gasteiger partial charge in [-0.05, 0) is 42.8 Å². The summed E-state index contributed by atoms with van der Waals surface area (Å²) in [4.78, 5) is 16.7. The van der Waals surface area contributed by atoms with E-state index in [-0.39, 0.29) is 11.9 Å². The summed E-state index contributed by atoms with van der Waals surface area (Å²) in [5.41, 5.74) is 2.43. The number of hydrogen-bond donors (Lipinski definition) is 1. The molecule has 29 heavy (non-hydrogen) atoms. The van der Waals surface area contributed by atoms with Gasteiger partial charge in [0.15, 0.2) is 0 Å². The van der Waals surface area contributed by atoms with E-state index in [9.17, 15) is 4.79 Å². The van der Waals surface area contributed by atoms with Crippen LogP contribution in [0, 0.1) is 0 Å². The van der Waals surface area contributed by atoms with Gasteiger partial charge in [0, 0.05) is 24.0 Å². The van der Waals surface area contributed by atoms with Crippen LogP contribution in [-0.2, 0) is 6.61 Å². The van der Waals surface area contributed by atoms with Crippen molar-refractivity contribution in [2.24, 2.45) is 0 Å². The maximum absolute atomic E-state index is 12.7. The molecule has 1 heterocycles. The number of ether oxygens (including phenoxy) is 3. The van der Waals surface area contributed by atoms with E-state index in [2.05, 4.69) is 10.3 Å². The zero-order chi connectivity index (χ0) is 20.6. The van der Waals surface area contributed by atoms with Crippen LogP contribution in [0.1, 0.15) is 34.5 Å². The zero-order valence-corrected chi connectivity index (χ0v) is 16.7. The third-order valence-corrected chi connectivity index (χ3v) is 4.51. The molecule has 0 fully saturated rings. The summed E-state index contributed by atoms with van der Waals surface area (Å²) in [6.45, 7) is 2.39. The van der Waals surface area contributed by atoms with E-state index in [0.717, 1.165) is 16.9 Å². The summed E-state index contributed by atoms with van der Waals surface area (Å²) in [6, 6.07) is 16.4. The molecule has 0 aliphatic carbocycles. The maximum atomic E-state index is 12.7. The number of aromatic nitrogens is 1. The van der Waals surface area contributed by atoms with Gasteiger partial charge in [0.05, 0.1) is 25.8 Å². The number of methoxy groups -OCH3 is 2. The quantitative estimate of drug-likeness (QED) is 0.623. The van der Waals surface area contributed by atoms with Gasteiger partial charge in [0.1, 0.15) is 23.9 Å². The Kier molecular flexibility index (Phi) is 6.68. The van der Waals surface area contributed by atoms with Gasteiger partial charge in [-0.2, -0.15) is 0 Å². The van der Waals surface area contributed by atoms with Crippen molar-refractivity contribution in [3.8, 4) is 17.2 Å². The largest absolute Gasteiger partial charge is 0.497 e. The van der Waals surface area contributed by atoms with Gasteiger partial charge in [-0.3, -0.25) is 9.78 Å². The standard InChI is InChI=1S/C23H24N2O4/c1-16(25-23(26)21-11-10-20(27-2)13-22(21)28-3)18-6-8-19(9-7-18)29-15-17-5-4-12-24-14-17/h4-14,16H,15H2,1-3H3,(H,25,26). The normalized spacial score (nSPS) is 11.4. The van der Waals surface area contributed by atoms with E-state index < -0.39 is 0 Å². The van der Waals surface area contributed by atoms with Crippen LogP contribution in [0.15, 0.2) is 67.0 Å². The van der Waals surface area contributed by atoms with E-state index in [4.69, 9.17) is 14.2 Å². The minimum atomic E-state index is -0.214. The number of rotatable bonds is 8. The van der Waals surface area contributed by atoms with Gasteiger partial charge in [-0.25, -0.2) is 0 Å². The molecule has 2 aromatic carbocycles. The molecule has 1 atom stereocenters. The Bertz CT molecular complexity index is 943. The first-order valence-electron chi connectivity index (χ1n) is 9.25. The van der Waals surface area contributed by atoms with Crippen LogP contribution in [0.5, 0.6) is 17.2 Å². The van der Waals surface area contributed by atoms with Gasteiger partial charge in [-0.15, -0.1) is 0 Å². The van der Waals surface area contributed by atoms with Gasteiger partial charge < -0.3 is 19.5 Å². The highest BCUT2D eigenvalue weighted by molar-refractivity contribution is 5.97. The lowest BCUT2D eigenvalue weighted by atomic mass is 10.1. The number of pyridine rings is 1. The Balaban J connectivity index is 1.61. The molecule has 3 aromatic rings. The van der Waals surface area contributed by atoms with E-state index >= 15 is 0 Å². The number of carbonyl (C=O) groups is 1. The average molecular weight is 392 g/mol. The number of amides is 1. The number of carbonyl (C=O) groups excluding carboxylic acids is 1. The smallest absolute Gasteiger partial charge is 0.255 e. The van der Waals surface area contributed by atoms with E-state index in [1.807, 2.05) is 43.3 Å². The molecule has 0 aliphatic heterocycles. The first-order valence-corrected chi connectivity index (χ1v) is 9.25. The molecule has 0 radical (unpaired) electrons. The van der Waals surface area contributed by atoms with Crippen LogP contribution in [0.3, 0.4) is 0 Å². The number of nitrogens with one attached hydrogen (secondary N) is 1. The second kappa shape index (κ2) is 9.59. The minimum Gasteiger partial charge on any atom is -0.497 e. The summed E-state index contributed by atoms with van der Waals surface area (Å²) in [5.74, 6) is 1.64. The summed E-state index contributed by atoms with van der Waals surface area (Å²) in [6.07, 6.45) is 3.51. The summed E-state index contributed by atoms with van der Waals surface area (Å²) in [5, 5.41) is 2.99. The zero-order valence-electron chi connectivity index (χ0n) is 16.7. The van der Waals surface area contributed by atoms with Crippen molar-refractivity contribution >= 4 is 5.91 Å². The van der Waals surface area contributed by atoms with E-state index in [1.54, 1.807) is 37.7 Å². The molecule has 0 saturated carbocycles. The number of benzene rings is 2. The lowest BCUT2D eigenvalue weighted by molar-refractivity contribution is 0.0937. The SMILES string of the molecule is COc1ccc(C(=O)NC(C)c2ccc(OCc3cccnc3)cc2)c(OC)c1. The molecule has 6 nitrogen and oxygen atoms in total. The predicted octanol–water partition coefficient (Wildman–Crippen LogP) is 4.17. The van der Waals surface area contributed by atoms with Crippen molar-refractivity contribution in [3.63, 3.8) is 0 Å². The molecule has 1 aromatic heterocycles. The molecule has 0 bridgehead atoms. The van der Waals surface area contributed by atoms with Gasteiger partial charge >= 0.3 is 0 Å². The minimum absolute atomic E-state index is 0.179. The van der Waals surface area contributed by atoms with Crippen molar-refractivity contribution in [1.82, 2.24) is 10.3 Å². The predicted molar refractivity (Wildman–Crippen MR) is 110 cm³/mol. The molecular formula is C23H24N2O4. The molecule has 150 valence electrons. The average Bonchev–Trinajstić information content (AvgIpc) is 2.78. The fourth-order valence-electron chi connectivity index (χ4n) is 2.85. The second-order valence-corrected chi connectivity index (χ2v) is 6.48. The second-order valence-electron chi connectivity index (χ2n) is 6.48. The number of hydrogen-bond acceptors (Lipinski definition) is 5. The highest BCUT2D eigenvalue weighted by Crippen LogP contribution is 2.25. The first-order chi connectivity index (χ1) is 14.1. The molecular weight excluding hydrogens is 368 g/mol. The van der Waals surface area contributed by atoms with Crippen molar-refractivity contribution in [2.75, 3.05) is 14.2 Å². The lowest BCUT2D eigenvalue weighted by Gasteiger charge is -2.17. The van der Waals surface area contributed by atoms with E-state index in [0.29, 0.717) is 23.7 Å². The van der Waals surface area contributed by atoms with Gasteiger partial charge in [0.25, 0.3) is 5.91 Å². The number of nitrogens with zero attached hydrogens (tertiary/aromatic N) is 1. The Hall–Kier alpha value is -3.54. The van der Waals surface area contributed by atoms with Crippen LogP contribution in [0.25, 0.3) is 0 Å². The first kappa shape index (κ1) is 20.2. The Morgan fingerprint density at radius 3 is 2.45 bits per heavy atom. The summed E-state index contributed by atoms with van der Waals surface area (Å²) < 4.78 is 16.3. The highest BCUT2D eigenvalue weighted by Gasteiger charge is 2.16. The molecule has 1 N–H and O–H groups in total. The van der Waals surface area contributed by atoms with Crippen LogP contribution >= 0.6 is 0 Å². The van der Waals surface area contributed by atoms with Crippen LogP contribution < -0.4 is 19.5 Å². The van der Waals surface area contributed by atoms with Crippen molar-refractivity contribution in [3.05, 3.63) is 83.7 Å². The van der Waals surface area contributed by atoms with Gasteiger partial charge in [-0.1, -0.05) is 18.2 Å². The summed E-state index contributed by atoms with van der Waals surface area (Å²) >= 11 is 0. The molecule has 3 rings (SSSR count). The van der Waals surface area contributed by atoms with Crippen molar-refractivity contribution < 1.29 is 19.0 Å². The van der Waals surface area contributed by atoms with Crippen LogP contribution in [-0.4, -0.2) is 25.1 Å². The fourth-order valence-corrected chi connectivity index (χ4v) is 2.85. The van der Waals surface area contributed by atoms with Crippen LogP contribution in [0.2, 0.25) is 0 Å². The summed E-state index contributed by atoms with van der Waals surface area (Å²) in [7, 11) is 3.10. The maximum Gasteiger partial charge on any atom is 0.255 e. The van der Waals surface area contributed by atoms with Crippen LogP contribution in [0.4, 0.5) is 0 Å². The molecule has 0 saturated heterocycles. The monoisotopic (exact) mass is 392 g/mol. The molecule has 0 aliphatic rings. The molecule has 1 unspecified atom stereocenters. The van der Waals surface area contributed by atoms with Crippen molar-refractivity contribution in [1.29, 1.82) is 0 Å². The Morgan fingerprint density at radius 1 is 1.03 bits per heavy atom. The van der Waals surface area contributed by atoms with Gasteiger partial charge in [0.2, 0.25) is 0 Å². The Morgan fingerprint density at radius 2 is 1.79 bits per heavy atom. The molecule has 1 amide bonds. The third kappa shape index (κ3) is 5.25. The highest BCUT2D eigenvalue weighted by atomic mass is 16.5. The van der Waals surface area contributed by atoms with Crippen molar-refractivity contribution in [2.45, 2.75) is 19.6 Å². The third-order valence-electron chi connectivity index (χ3n) is 4.51. The molecule has 0 spiro atoms.